The minimum atomic E-state index is 0.175. The van der Waals surface area contributed by atoms with E-state index in [0.29, 0.717) is 5.92 Å². The van der Waals surface area contributed by atoms with Crippen LogP contribution in [0.4, 0.5) is 0 Å². The van der Waals surface area contributed by atoms with E-state index in [4.69, 9.17) is 0 Å². The zero-order valence-electron chi connectivity index (χ0n) is 9.99. The Bertz CT molecular complexity index is 595. The molecule has 1 aromatic heterocycles. The van der Waals surface area contributed by atoms with Crippen LogP contribution in [0.25, 0.3) is 10.4 Å². The Labute approximate surface area is 105 Å². The van der Waals surface area contributed by atoms with E-state index in [0.717, 1.165) is 11.3 Å². The highest BCUT2D eigenvalue weighted by molar-refractivity contribution is 7.17. The standard InChI is InChI=1S/C15H14OS/c1-9-7-11-8-14(10(2)16)17-15(11)13-6-4-3-5-12(9)13/h3-6,8-9H,7H2,1-2H3. The molecule has 1 unspecified atom stereocenters. The number of carbonyl (C=O) groups is 1. The van der Waals surface area contributed by atoms with Crippen molar-refractivity contribution in [2.24, 2.45) is 0 Å². The molecule has 3 rings (SSSR count). The fraction of sp³-hybridized carbons (Fsp3) is 0.267. The number of thiophene rings is 1. The van der Waals surface area contributed by atoms with Gasteiger partial charge in [-0.25, -0.2) is 0 Å². The van der Waals surface area contributed by atoms with Gasteiger partial charge in [-0.2, -0.15) is 0 Å². The van der Waals surface area contributed by atoms with E-state index in [1.54, 1.807) is 18.3 Å². The summed E-state index contributed by atoms with van der Waals surface area (Å²) in [6.07, 6.45) is 1.05. The molecule has 0 bridgehead atoms. The number of carbonyl (C=O) groups excluding carboxylic acids is 1. The first-order valence-corrected chi connectivity index (χ1v) is 6.71. The minimum Gasteiger partial charge on any atom is -0.294 e. The Kier molecular flexibility index (Phi) is 2.40. The second-order valence-corrected chi connectivity index (χ2v) is 5.77. The Morgan fingerprint density at radius 1 is 1.35 bits per heavy atom. The summed E-state index contributed by atoms with van der Waals surface area (Å²) in [4.78, 5) is 13.7. The number of benzene rings is 1. The topological polar surface area (TPSA) is 17.1 Å². The van der Waals surface area contributed by atoms with Gasteiger partial charge < -0.3 is 0 Å². The van der Waals surface area contributed by atoms with Gasteiger partial charge in [0.15, 0.2) is 5.78 Å². The number of hydrogen-bond acceptors (Lipinski definition) is 2. The Hall–Kier alpha value is -1.41. The molecule has 1 atom stereocenters. The van der Waals surface area contributed by atoms with E-state index in [1.807, 2.05) is 0 Å². The maximum Gasteiger partial charge on any atom is 0.169 e. The van der Waals surface area contributed by atoms with Crippen LogP contribution in [0.15, 0.2) is 30.3 Å². The molecule has 1 aliphatic rings. The van der Waals surface area contributed by atoms with E-state index < -0.39 is 0 Å². The van der Waals surface area contributed by atoms with E-state index in [1.165, 1.54) is 21.6 Å². The van der Waals surface area contributed by atoms with Gasteiger partial charge in [0.2, 0.25) is 0 Å². The molecule has 0 spiro atoms. The van der Waals surface area contributed by atoms with Crippen molar-refractivity contribution in [2.75, 3.05) is 0 Å². The molecule has 0 saturated heterocycles. The fourth-order valence-corrected chi connectivity index (χ4v) is 3.69. The van der Waals surface area contributed by atoms with Crippen molar-refractivity contribution in [1.29, 1.82) is 0 Å². The molecule has 1 nitrogen and oxygen atoms in total. The van der Waals surface area contributed by atoms with Crippen molar-refractivity contribution in [3.63, 3.8) is 0 Å². The quantitative estimate of drug-likeness (QED) is 0.682. The van der Waals surface area contributed by atoms with Gasteiger partial charge in [0, 0.05) is 4.88 Å². The zero-order chi connectivity index (χ0) is 12.0. The van der Waals surface area contributed by atoms with Crippen LogP contribution in [0.3, 0.4) is 0 Å². The molecule has 0 aliphatic heterocycles. The van der Waals surface area contributed by atoms with Gasteiger partial charge >= 0.3 is 0 Å². The first-order chi connectivity index (χ1) is 8.16. The number of Topliss-reactive ketones (excluding diaryl/α,β-unsaturated/α-hetero) is 1. The summed E-state index contributed by atoms with van der Waals surface area (Å²) >= 11 is 1.64. The molecular weight excluding hydrogens is 228 g/mol. The summed E-state index contributed by atoms with van der Waals surface area (Å²) in [7, 11) is 0. The van der Waals surface area contributed by atoms with Crippen LogP contribution in [-0.4, -0.2) is 5.78 Å². The Balaban J connectivity index is 2.22. The Morgan fingerprint density at radius 2 is 2.12 bits per heavy atom. The second kappa shape index (κ2) is 3.81. The lowest BCUT2D eigenvalue weighted by molar-refractivity contribution is 0.102. The molecule has 86 valence electrons. The van der Waals surface area contributed by atoms with Gasteiger partial charge in [0.25, 0.3) is 0 Å². The van der Waals surface area contributed by atoms with Gasteiger partial charge in [0.1, 0.15) is 0 Å². The maximum absolute atomic E-state index is 11.5. The molecule has 0 saturated carbocycles. The van der Waals surface area contributed by atoms with E-state index in [2.05, 4.69) is 37.3 Å². The molecule has 1 aliphatic carbocycles. The van der Waals surface area contributed by atoms with Crippen molar-refractivity contribution >= 4 is 17.1 Å². The number of ketones is 1. The van der Waals surface area contributed by atoms with Gasteiger partial charge in [-0.3, -0.25) is 4.79 Å². The summed E-state index contributed by atoms with van der Waals surface area (Å²) in [6.45, 7) is 3.90. The lowest BCUT2D eigenvalue weighted by atomic mass is 9.84. The predicted molar refractivity (Wildman–Crippen MR) is 71.9 cm³/mol. The third-order valence-corrected chi connectivity index (χ3v) is 4.73. The molecule has 17 heavy (non-hydrogen) atoms. The van der Waals surface area contributed by atoms with Crippen molar-refractivity contribution < 1.29 is 4.79 Å². The monoisotopic (exact) mass is 242 g/mol. The number of rotatable bonds is 1. The SMILES string of the molecule is CC(=O)c1cc2c(s1)-c1ccccc1C(C)C2. The molecule has 2 aromatic rings. The van der Waals surface area contributed by atoms with Crippen molar-refractivity contribution in [2.45, 2.75) is 26.2 Å². The molecule has 0 N–H and O–H groups in total. The third-order valence-electron chi connectivity index (χ3n) is 3.42. The van der Waals surface area contributed by atoms with Crippen LogP contribution in [0, 0.1) is 0 Å². The van der Waals surface area contributed by atoms with Gasteiger partial charge in [0.05, 0.1) is 4.88 Å². The highest BCUT2D eigenvalue weighted by Crippen LogP contribution is 2.43. The summed E-state index contributed by atoms with van der Waals surface area (Å²) < 4.78 is 0. The van der Waals surface area contributed by atoms with Crippen LogP contribution in [0.2, 0.25) is 0 Å². The normalized spacial score (nSPS) is 17.4. The van der Waals surface area contributed by atoms with E-state index in [9.17, 15) is 4.79 Å². The summed E-state index contributed by atoms with van der Waals surface area (Å²) in [5, 5.41) is 0. The van der Waals surface area contributed by atoms with E-state index in [-0.39, 0.29) is 5.78 Å². The summed E-state index contributed by atoms with van der Waals surface area (Å²) in [6, 6.07) is 10.6. The van der Waals surface area contributed by atoms with Crippen molar-refractivity contribution in [3.8, 4) is 10.4 Å². The van der Waals surface area contributed by atoms with Gasteiger partial charge in [-0.15, -0.1) is 11.3 Å². The summed E-state index contributed by atoms with van der Waals surface area (Å²) in [5.41, 5.74) is 4.07. The van der Waals surface area contributed by atoms with Crippen LogP contribution in [0.5, 0.6) is 0 Å². The average molecular weight is 242 g/mol. The zero-order valence-corrected chi connectivity index (χ0v) is 10.8. The lowest BCUT2D eigenvalue weighted by Crippen LogP contribution is -2.05. The van der Waals surface area contributed by atoms with Crippen LogP contribution in [0.1, 0.15) is 40.6 Å². The highest BCUT2D eigenvalue weighted by Gasteiger charge is 2.24. The minimum absolute atomic E-state index is 0.175. The van der Waals surface area contributed by atoms with Crippen LogP contribution < -0.4 is 0 Å². The Morgan fingerprint density at radius 3 is 2.88 bits per heavy atom. The molecule has 1 heterocycles. The summed E-state index contributed by atoms with van der Waals surface area (Å²) in [5.74, 6) is 0.725. The molecular formula is C15H14OS. The van der Waals surface area contributed by atoms with Gasteiger partial charge in [-0.05, 0) is 42.0 Å². The van der Waals surface area contributed by atoms with E-state index >= 15 is 0 Å². The molecule has 0 amide bonds. The number of hydrogen-bond donors (Lipinski definition) is 0. The molecule has 0 radical (unpaired) electrons. The first kappa shape index (κ1) is 10.7. The second-order valence-electron chi connectivity index (χ2n) is 4.71. The molecule has 2 heteroatoms. The smallest absolute Gasteiger partial charge is 0.169 e. The number of fused-ring (bicyclic) bond motifs is 3. The average Bonchev–Trinajstić information content (AvgIpc) is 2.73. The van der Waals surface area contributed by atoms with Crippen molar-refractivity contribution in [1.82, 2.24) is 0 Å². The van der Waals surface area contributed by atoms with Crippen molar-refractivity contribution in [3.05, 3.63) is 46.3 Å². The largest absolute Gasteiger partial charge is 0.294 e. The molecule has 0 fully saturated rings. The van der Waals surface area contributed by atoms with Crippen LogP contribution in [-0.2, 0) is 6.42 Å². The predicted octanol–water partition coefficient (Wildman–Crippen LogP) is 4.28. The molecule has 1 aromatic carbocycles. The third kappa shape index (κ3) is 1.64. The highest BCUT2D eigenvalue weighted by atomic mass is 32.1. The van der Waals surface area contributed by atoms with Gasteiger partial charge in [-0.1, -0.05) is 31.2 Å². The fourth-order valence-electron chi connectivity index (χ4n) is 2.56. The lowest BCUT2D eigenvalue weighted by Gasteiger charge is -2.22. The maximum atomic E-state index is 11.5. The first-order valence-electron chi connectivity index (χ1n) is 5.89. The van der Waals surface area contributed by atoms with Crippen LogP contribution >= 0.6 is 11.3 Å².